The van der Waals surface area contributed by atoms with E-state index >= 15 is 0 Å². The van der Waals surface area contributed by atoms with E-state index in [0.717, 1.165) is 0 Å². The van der Waals surface area contributed by atoms with Crippen molar-refractivity contribution in [2.75, 3.05) is 23.8 Å². The van der Waals surface area contributed by atoms with Gasteiger partial charge in [-0.3, -0.25) is 4.79 Å². The van der Waals surface area contributed by atoms with Crippen LogP contribution in [0.5, 0.6) is 0 Å². The Kier molecular flexibility index (Phi) is 5.86. The standard InChI is InChI=1S/C12H17NO3S/c1-2-16-12(15)8-17-7-11(14)9-5-3-4-6-10(9)13/h3-6,11,14H,2,7-8,13H2,1H3. The lowest BCUT2D eigenvalue weighted by Gasteiger charge is -2.12. The van der Waals surface area contributed by atoms with Crippen molar-refractivity contribution < 1.29 is 14.6 Å². The molecule has 1 unspecified atom stereocenters. The molecule has 1 aromatic carbocycles. The Morgan fingerprint density at radius 3 is 2.88 bits per heavy atom. The predicted molar refractivity (Wildman–Crippen MR) is 69.8 cm³/mol. The van der Waals surface area contributed by atoms with Crippen LogP contribution in [0.25, 0.3) is 0 Å². The molecule has 0 aliphatic heterocycles. The van der Waals surface area contributed by atoms with Gasteiger partial charge in [-0.1, -0.05) is 18.2 Å². The molecule has 1 aromatic rings. The number of esters is 1. The molecule has 5 heteroatoms. The second kappa shape index (κ2) is 7.19. The SMILES string of the molecule is CCOC(=O)CSCC(O)c1ccccc1N. The van der Waals surface area contributed by atoms with E-state index in [-0.39, 0.29) is 11.7 Å². The number of hydrogen-bond acceptors (Lipinski definition) is 5. The van der Waals surface area contributed by atoms with Crippen molar-refractivity contribution in [3.63, 3.8) is 0 Å². The molecule has 0 amide bonds. The van der Waals surface area contributed by atoms with Crippen LogP contribution in [-0.2, 0) is 9.53 Å². The molecule has 1 rings (SSSR count). The van der Waals surface area contributed by atoms with Crippen LogP contribution in [-0.4, -0.2) is 29.2 Å². The van der Waals surface area contributed by atoms with E-state index in [1.807, 2.05) is 12.1 Å². The number of rotatable bonds is 6. The molecule has 0 fully saturated rings. The second-order valence-electron chi connectivity index (χ2n) is 3.46. The highest BCUT2D eigenvalue weighted by Crippen LogP contribution is 2.23. The van der Waals surface area contributed by atoms with E-state index in [2.05, 4.69) is 0 Å². The number of aliphatic hydroxyl groups is 1. The van der Waals surface area contributed by atoms with Gasteiger partial charge >= 0.3 is 5.97 Å². The number of carbonyl (C=O) groups excluding carboxylic acids is 1. The Balaban J connectivity index is 2.38. The van der Waals surface area contributed by atoms with E-state index in [9.17, 15) is 9.90 Å². The van der Waals surface area contributed by atoms with Crippen molar-refractivity contribution in [3.05, 3.63) is 29.8 Å². The summed E-state index contributed by atoms with van der Waals surface area (Å²) >= 11 is 1.33. The first kappa shape index (κ1) is 13.9. The largest absolute Gasteiger partial charge is 0.465 e. The summed E-state index contributed by atoms with van der Waals surface area (Å²) in [7, 11) is 0. The second-order valence-corrected chi connectivity index (χ2v) is 4.50. The van der Waals surface area contributed by atoms with Gasteiger partial charge in [0, 0.05) is 17.0 Å². The zero-order valence-corrected chi connectivity index (χ0v) is 10.6. The van der Waals surface area contributed by atoms with Crippen molar-refractivity contribution in [1.29, 1.82) is 0 Å². The molecule has 3 N–H and O–H groups in total. The lowest BCUT2D eigenvalue weighted by molar-refractivity contribution is -0.139. The number of hydrogen-bond donors (Lipinski definition) is 2. The fraction of sp³-hybridized carbons (Fsp3) is 0.417. The van der Waals surface area contributed by atoms with Gasteiger partial charge < -0.3 is 15.6 Å². The minimum absolute atomic E-state index is 0.248. The molecular formula is C12H17NO3S. The molecule has 0 saturated heterocycles. The van der Waals surface area contributed by atoms with Crippen LogP contribution in [0.2, 0.25) is 0 Å². The third-order valence-electron chi connectivity index (χ3n) is 2.16. The summed E-state index contributed by atoms with van der Waals surface area (Å²) in [6, 6.07) is 7.17. The summed E-state index contributed by atoms with van der Waals surface area (Å²) in [5, 5.41) is 9.89. The molecule has 0 aromatic heterocycles. The number of thioether (sulfide) groups is 1. The van der Waals surface area contributed by atoms with Gasteiger partial charge in [-0.05, 0) is 13.0 Å². The maximum Gasteiger partial charge on any atom is 0.315 e. The number of nitrogens with two attached hydrogens (primary N) is 1. The number of nitrogen functional groups attached to an aromatic ring is 1. The number of ether oxygens (including phenoxy) is 1. The molecule has 1 atom stereocenters. The highest BCUT2D eigenvalue weighted by molar-refractivity contribution is 7.99. The van der Waals surface area contributed by atoms with Crippen molar-refractivity contribution in [2.45, 2.75) is 13.0 Å². The minimum Gasteiger partial charge on any atom is -0.465 e. The molecule has 0 aliphatic rings. The molecule has 0 radical (unpaired) electrons. The highest BCUT2D eigenvalue weighted by atomic mass is 32.2. The normalized spacial score (nSPS) is 12.1. The van der Waals surface area contributed by atoms with Gasteiger partial charge in [-0.15, -0.1) is 11.8 Å². The number of anilines is 1. The van der Waals surface area contributed by atoms with Crippen LogP contribution in [0.15, 0.2) is 24.3 Å². The first-order chi connectivity index (χ1) is 8.15. The summed E-state index contributed by atoms with van der Waals surface area (Å²) in [6.07, 6.45) is -0.657. The molecule has 0 aliphatic carbocycles. The fourth-order valence-electron chi connectivity index (χ4n) is 1.36. The molecule has 4 nitrogen and oxygen atoms in total. The van der Waals surface area contributed by atoms with Crippen molar-refractivity contribution in [2.24, 2.45) is 0 Å². The van der Waals surface area contributed by atoms with Gasteiger partial charge in [-0.2, -0.15) is 0 Å². The number of carbonyl (C=O) groups is 1. The Morgan fingerprint density at radius 1 is 1.53 bits per heavy atom. The van der Waals surface area contributed by atoms with Crippen LogP contribution in [0, 0.1) is 0 Å². The van der Waals surface area contributed by atoms with Crippen LogP contribution < -0.4 is 5.73 Å². The Labute approximate surface area is 105 Å². The Hall–Kier alpha value is -1.20. The molecule has 0 heterocycles. The lowest BCUT2D eigenvalue weighted by atomic mass is 10.1. The lowest BCUT2D eigenvalue weighted by Crippen LogP contribution is -2.10. The summed E-state index contributed by atoms with van der Waals surface area (Å²) in [4.78, 5) is 11.1. The summed E-state index contributed by atoms with van der Waals surface area (Å²) in [5.74, 6) is 0.413. The molecule has 0 spiro atoms. The highest BCUT2D eigenvalue weighted by Gasteiger charge is 2.11. The molecule has 0 saturated carbocycles. The predicted octanol–water partition coefficient (Wildman–Crippen LogP) is 1.60. The quantitative estimate of drug-likeness (QED) is 0.596. The van der Waals surface area contributed by atoms with E-state index in [1.165, 1.54) is 11.8 Å². The minimum atomic E-state index is -0.657. The van der Waals surface area contributed by atoms with E-state index in [1.54, 1.807) is 19.1 Å². The van der Waals surface area contributed by atoms with Crippen molar-refractivity contribution in [1.82, 2.24) is 0 Å². The van der Waals surface area contributed by atoms with Crippen molar-refractivity contribution in [3.8, 4) is 0 Å². The van der Waals surface area contributed by atoms with Gasteiger partial charge in [0.2, 0.25) is 0 Å². The van der Waals surface area contributed by atoms with Gasteiger partial charge in [-0.25, -0.2) is 0 Å². The molecule has 0 bridgehead atoms. The Bertz CT molecular complexity index is 371. The number of benzene rings is 1. The van der Waals surface area contributed by atoms with Crippen LogP contribution in [0.1, 0.15) is 18.6 Å². The smallest absolute Gasteiger partial charge is 0.315 e. The summed E-state index contributed by atoms with van der Waals surface area (Å²) in [6.45, 7) is 2.15. The van der Waals surface area contributed by atoms with Crippen LogP contribution in [0.3, 0.4) is 0 Å². The molecule has 94 valence electrons. The average molecular weight is 255 g/mol. The van der Waals surface area contributed by atoms with Gasteiger partial charge in [0.05, 0.1) is 18.5 Å². The van der Waals surface area contributed by atoms with E-state index in [0.29, 0.717) is 23.6 Å². The first-order valence-electron chi connectivity index (χ1n) is 5.41. The van der Waals surface area contributed by atoms with Gasteiger partial charge in [0.25, 0.3) is 0 Å². The first-order valence-corrected chi connectivity index (χ1v) is 6.56. The van der Waals surface area contributed by atoms with Gasteiger partial charge in [0.15, 0.2) is 0 Å². The number of aliphatic hydroxyl groups excluding tert-OH is 1. The van der Waals surface area contributed by atoms with E-state index < -0.39 is 6.10 Å². The molecular weight excluding hydrogens is 238 g/mol. The third-order valence-corrected chi connectivity index (χ3v) is 3.15. The summed E-state index contributed by atoms with van der Waals surface area (Å²) in [5.41, 5.74) is 7.00. The number of para-hydroxylation sites is 1. The topological polar surface area (TPSA) is 72.5 Å². The third kappa shape index (κ3) is 4.66. The monoisotopic (exact) mass is 255 g/mol. The maximum atomic E-state index is 11.1. The fourth-order valence-corrected chi connectivity index (χ4v) is 2.13. The van der Waals surface area contributed by atoms with Gasteiger partial charge in [0.1, 0.15) is 0 Å². The summed E-state index contributed by atoms with van der Waals surface area (Å²) < 4.78 is 4.79. The van der Waals surface area contributed by atoms with Crippen LogP contribution >= 0.6 is 11.8 Å². The van der Waals surface area contributed by atoms with Crippen LogP contribution in [0.4, 0.5) is 5.69 Å². The maximum absolute atomic E-state index is 11.1. The zero-order valence-electron chi connectivity index (χ0n) is 9.76. The Morgan fingerprint density at radius 2 is 2.24 bits per heavy atom. The van der Waals surface area contributed by atoms with Crippen molar-refractivity contribution >= 4 is 23.4 Å². The average Bonchev–Trinajstić information content (AvgIpc) is 2.29. The van der Waals surface area contributed by atoms with E-state index in [4.69, 9.17) is 10.5 Å². The zero-order chi connectivity index (χ0) is 12.7. The molecule has 17 heavy (non-hydrogen) atoms.